The molecule has 2 heterocycles. The van der Waals surface area contributed by atoms with Gasteiger partial charge in [0, 0.05) is 25.7 Å². The summed E-state index contributed by atoms with van der Waals surface area (Å²) in [5.74, 6) is -1.43. The van der Waals surface area contributed by atoms with Crippen LogP contribution in [0.2, 0.25) is 0 Å². The van der Waals surface area contributed by atoms with Crippen molar-refractivity contribution >= 4 is 21.9 Å². The van der Waals surface area contributed by atoms with Gasteiger partial charge in [-0.2, -0.15) is 4.31 Å². The van der Waals surface area contributed by atoms with Gasteiger partial charge >= 0.3 is 5.97 Å². The van der Waals surface area contributed by atoms with Crippen LogP contribution in [0.1, 0.15) is 32.1 Å². The van der Waals surface area contributed by atoms with E-state index in [-0.39, 0.29) is 29.8 Å². The van der Waals surface area contributed by atoms with Crippen molar-refractivity contribution in [2.75, 3.05) is 19.6 Å². The lowest BCUT2D eigenvalue weighted by molar-refractivity contribution is -0.141. The maximum absolute atomic E-state index is 12.9. The molecule has 1 aromatic rings. The zero-order valence-corrected chi connectivity index (χ0v) is 15.4. The number of amides is 1. The summed E-state index contributed by atoms with van der Waals surface area (Å²) in [5, 5.41) is 9.03. The molecule has 2 unspecified atom stereocenters. The van der Waals surface area contributed by atoms with E-state index in [0.717, 1.165) is 6.42 Å². The molecule has 142 valence electrons. The maximum atomic E-state index is 12.9. The van der Waals surface area contributed by atoms with E-state index in [1.165, 1.54) is 4.31 Å². The zero-order chi connectivity index (χ0) is 18.7. The standard InChI is InChI=1S/C18H24N2O5S/c21-17(22)12-15-7-5-11-20(15)18(23)14-6-4-10-19(13-14)26(24,25)16-8-2-1-3-9-16/h1-3,8-9,14-15H,4-7,10-13H2,(H,21,22). The van der Waals surface area contributed by atoms with E-state index >= 15 is 0 Å². The number of likely N-dealkylation sites (tertiary alicyclic amines) is 1. The number of carbonyl (C=O) groups excluding carboxylic acids is 1. The van der Waals surface area contributed by atoms with Gasteiger partial charge in [-0.1, -0.05) is 18.2 Å². The first-order valence-corrected chi connectivity index (χ1v) is 10.4. The normalized spacial score (nSPS) is 24.5. The molecule has 3 rings (SSSR count). The van der Waals surface area contributed by atoms with Gasteiger partial charge in [-0.15, -0.1) is 0 Å². The Bertz CT molecular complexity index is 765. The number of carboxylic acids is 1. The van der Waals surface area contributed by atoms with Crippen LogP contribution >= 0.6 is 0 Å². The number of sulfonamides is 1. The Hall–Kier alpha value is -1.93. The van der Waals surface area contributed by atoms with Gasteiger partial charge in [0.25, 0.3) is 0 Å². The van der Waals surface area contributed by atoms with Gasteiger partial charge in [0.2, 0.25) is 15.9 Å². The number of piperidine rings is 1. The van der Waals surface area contributed by atoms with Crippen molar-refractivity contribution in [1.29, 1.82) is 0 Å². The fourth-order valence-corrected chi connectivity index (χ4v) is 5.42. The fraction of sp³-hybridized carbons (Fsp3) is 0.556. The van der Waals surface area contributed by atoms with E-state index in [1.807, 2.05) is 0 Å². The van der Waals surface area contributed by atoms with Gasteiger partial charge in [0.1, 0.15) is 0 Å². The number of hydrogen-bond donors (Lipinski definition) is 1. The molecule has 2 aliphatic rings. The minimum absolute atomic E-state index is 0.0511. The molecule has 7 nitrogen and oxygen atoms in total. The summed E-state index contributed by atoms with van der Waals surface area (Å²) in [4.78, 5) is 25.8. The highest BCUT2D eigenvalue weighted by atomic mass is 32.2. The first kappa shape index (κ1) is 18.8. The molecule has 0 aliphatic carbocycles. The summed E-state index contributed by atoms with van der Waals surface area (Å²) in [7, 11) is -3.62. The van der Waals surface area contributed by atoms with E-state index < -0.39 is 21.9 Å². The number of carboxylic acid groups (broad SMARTS) is 1. The van der Waals surface area contributed by atoms with Crippen molar-refractivity contribution in [2.45, 2.75) is 43.0 Å². The first-order valence-electron chi connectivity index (χ1n) is 8.97. The van der Waals surface area contributed by atoms with Gasteiger partial charge in [-0.3, -0.25) is 9.59 Å². The van der Waals surface area contributed by atoms with Crippen LogP contribution < -0.4 is 0 Å². The number of benzene rings is 1. The third-order valence-corrected chi connectivity index (χ3v) is 7.06. The molecule has 26 heavy (non-hydrogen) atoms. The summed E-state index contributed by atoms with van der Waals surface area (Å²) in [6.07, 6.45) is 2.69. The Labute approximate surface area is 153 Å². The molecule has 0 spiro atoms. The van der Waals surface area contributed by atoms with Gasteiger partial charge in [-0.25, -0.2) is 8.42 Å². The van der Waals surface area contributed by atoms with Crippen molar-refractivity contribution in [1.82, 2.24) is 9.21 Å². The number of aliphatic carboxylic acids is 1. The molecule has 8 heteroatoms. The van der Waals surface area contributed by atoms with Crippen LogP contribution in [0, 0.1) is 5.92 Å². The van der Waals surface area contributed by atoms with Gasteiger partial charge in [0.15, 0.2) is 0 Å². The predicted octanol–water partition coefficient (Wildman–Crippen LogP) is 1.55. The SMILES string of the molecule is O=C(O)CC1CCCN1C(=O)C1CCCN(S(=O)(=O)c2ccccc2)C1. The topological polar surface area (TPSA) is 95.0 Å². The molecule has 2 fully saturated rings. The molecule has 2 atom stereocenters. The Morgan fingerprint density at radius 3 is 2.46 bits per heavy atom. The second kappa shape index (κ2) is 7.75. The molecule has 1 N–H and O–H groups in total. The highest BCUT2D eigenvalue weighted by Gasteiger charge is 2.38. The van der Waals surface area contributed by atoms with Crippen LogP contribution in [-0.4, -0.2) is 60.3 Å². The van der Waals surface area contributed by atoms with Crippen LogP contribution in [0.15, 0.2) is 35.2 Å². The van der Waals surface area contributed by atoms with Crippen LogP contribution in [0.25, 0.3) is 0 Å². The van der Waals surface area contributed by atoms with E-state index in [1.54, 1.807) is 35.2 Å². The van der Waals surface area contributed by atoms with Crippen LogP contribution in [0.3, 0.4) is 0 Å². The van der Waals surface area contributed by atoms with Gasteiger partial charge in [-0.05, 0) is 37.8 Å². The number of rotatable bonds is 5. The highest BCUT2D eigenvalue weighted by molar-refractivity contribution is 7.89. The molecule has 2 aliphatic heterocycles. The van der Waals surface area contributed by atoms with Crippen LogP contribution in [0.5, 0.6) is 0 Å². The fourth-order valence-electron chi connectivity index (χ4n) is 3.88. The van der Waals surface area contributed by atoms with Gasteiger partial charge in [0.05, 0.1) is 17.2 Å². The van der Waals surface area contributed by atoms with Crippen molar-refractivity contribution in [3.63, 3.8) is 0 Å². The lowest BCUT2D eigenvalue weighted by Gasteiger charge is -2.34. The minimum atomic E-state index is -3.62. The largest absolute Gasteiger partial charge is 0.481 e. The smallest absolute Gasteiger partial charge is 0.305 e. The van der Waals surface area contributed by atoms with Crippen LogP contribution in [0.4, 0.5) is 0 Å². The second-order valence-corrected chi connectivity index (χ2v) is 8.88. The third kappa shape index (κ3) is 3.91. The predicted molar refractivity (Wildman–Crippen MR) is 94.9 cm³/mol. The third-order valence-electron chi connectivity index (χ3n) is 5.18. The van der Waals surface area contributed by atoms with Gasteiger partial charge < -0.3 is 10.0 Å². The Morgan fingerprint density at radius 1 is 1.08 bits per heavy atom. The van der Waals surface area contributed by atoms with Crippen molar-refractivity contribution in [2.24, 2.45) is 5.92 Å². The average Bonchev–Trinajstić information content (AvgIpc) is 3.09. The molecule has 1 aromatic carbocycles. The number of carbonyl (C=O) groups is 2. The molecule has 0 saturated carbocycles. The van der Waals surface area contributed by atoms with E-state index in [4.69, 9.17) is 5.11 Å². The summed E-state index contributed by atoms with van der Waals surface area (Å²) in [6.45, 7) is 1.12. The summed E-state index contributed by atoms with van der Waals surface area (Å²) < 4.78 is 27.0. The molecular formula is C18H24N2O5S. The summed E-state index contributed by atoms with van der Waals surface area (Å²) in [6, 6.07) is 7.97. The molecule has 0 radical (unpaired) electrons. The second-order valence-electron chi connectivity index (χ2n) is 6.94. The monoisotopic (exact) mass is 380 g/mol. The Morgan fingerprint density at radius 2 is 1.77 bits per heavy atom. The summed E-state index contributed by atoms with van der Waals surface area (Å²) in [5.41, 5.74) is 0. The number of hydrogen-bond acceptors (Lipinski definition) is 4. The van der Waals surface area contributed by atoms with Crippen LogP contribution in [-0.2, 0) is 19.6 Å². The molecule has 0 aromatic heterocycles. The van der Waals surface area contributed by atoms with Crippen molar-refractivity contribution in [3.05, 3.63) is 30.3 Å². The average molecular weight is 380 g/mol. The first-order chi connectivity index (χ1) is 12.4. The maximum Gasteiger partial charge on any atom is 0.305 e. The summed E-state index contributed by atoms with van der Waals surface area (Å²) >= 11 is 0. The Balaban J connectivity index is 1.72. The Kier molecular flexibility index (Phi) is 5.62. The molecule has 0 bridgehead atoms. The van der Waals surface area contributed by atoms with Crippen molar-refractivity contribution in [3.8, 4) is 0 Å². The lowest BCUT2D eigenvalue weighted by Crippen LogP contribution is -2.48. The minimum Gasteiger partial charge on any atom is -0.481 e. The van der Waals surface area contributed by atoms with Crippen molar-refractivity contribution < 1.29 is 23.1 Å². The lowest BCUT2D eigenvalue weighted by atomic mass is 9.97. The number of nitrogens with zero attached hydrogens (tertiary/aromatic N) is 2. The molecular weight excluding hydrogens is 356 g/mol. The zero-order valence-electron chi connectivity index (χ0n) is 14.6. The van der Waals surface area contributed by atoms with E-state index in [0.29, 0.717) is 32.4 Å². The van der Waals surface area contributed by atoms with E-state index in [2.05, 4.69) is 0 Å². The molecule has 1 amide bonds. The molecule has 2 saturated heterocycles. The quantitative estimate of drug-likeness (QED) is 0.836. The highest BCUT2D eigenvalue weighted by Crippen LogP contribution is 2.28. The van der Waals surface area contributed by atoms with E-state index in [9.17, 15) is 18.0 Å².